The SMILES string of the molecule is C[C@@H](Oc1ccc(Oc2ncc(C(F)(F)F)cc2Cl)cc1)C(=O)O. The normalized spacial score (nSPS) is 12.5. The van der Waals surface area contributed by atoms with Crippen molar-refractivity contribution in [1.29, 1.82) is 0 Å². The molecule has 0 amide bonds. The van der Waals surface area contributed by atoms with Crippen molar-refractivity contribution in [1.82, 2.24) is 4.98 Å². The van der Waals surface area contributed by atoms with Crippen molar-refractivity contribution in [3.8, 4) is 17.4 Å². The van der Waals surface area contributed by atoms with Crippen LogP contribution in [0.5, 0.6) is 17.4 Å². The number of carboxylic acids is 1. The summed E-state index contributed by atoms with van der Waals surface area (Å²) in [6.45, 7) is 1.37. The number of alkyl halides is 3. The maximum Gasteiger partial charge on any atom is 0.417 e. The maximum absolute atomic E-state index is 12.5. The van der Waals surface area contributed by atoms with Crippen molar-refractivity contribution >= 4 is 17.6 Å². The first kappa shape index (κ1) is 17.9. The Morgan fingerprint density at radius 2 is 1.83 bits per heavy atom. The van der Waals surface area contributed by atoms with E-state index in [0.29, 0.717) is 11.9 Å². The number of ether oxygens (including phenoxy) is 2. The third-order valence-corrected chi connectivity index (χ3v) is 3.10. The van der Waals surface area contributed by atoms with E-state index in [0.717, 1.165) is 6.07 Å². The molecular formula is C15H11ClF3NO4. The average molecular weight is 362 g/mol. The van der Waals surface area contributed by atoms with Crippen LogP contribution in [0.15, 0.2) is 36.5 Å². The molecular weight excluding hydrogens is 351 g/mol. The highest BCUT2D eigenvalue weighted by atomic mass is 35.5. The van der Waals surface area contributed by atoms with E-state index < -0.39 is 23.8 Å². The van der Waals surface area contributed by atoms with Crippen LogP contribution in [0.25, 0.3) is 0 Å². The van der Waals surface area contributed by atoms with E-state index in [-0.39, 0.29) is 16.7 Å². The van der Waals surface area contributed by atoms with Gasteiger partial charge in [0, 0.05) is 6.20 Å². The molecule has 1 atom stereocenters. The van der Waals surface area contributed by atoms with Crippen molar-refractivity contribution in [2.24, 2.45) is 0 Å². The third-order valence-electron chi connectivity index (χ3n) is 2.83. The Kier molecular flexibility index (Phi) is 5.18. The number of aliphatic carboxylic acids is 1. The van der Waals surface area contributed by atoms with Crippen molar-refractivity contribution in [2.75, 3.05) is 0 Å². The lowest BCUT2D eigenvalue weighted by Gasteiger charge is -2.12. The van der Waals surface area contributed by atoms with Gasteiger partial charge in [0.25, 0.3) is 0 Å². The fourth-order valence-electron chi connectivity index (χ4n) is 1.61. The molecule has 24 heavy (non-hydrogen) atoms. The van der Waals surface area contributed by atoms with E-state index >= 15 is 0 Å². The van der Waals surface area contributed by atoms with Gasteiger partial charge in [-0.05, 0) is 37.3 Å². The van der Waals surface area contributed by atoms with E-state index in [1.165, 1.54) is 31.2 Å². The van der Waals surface area contributed by atoms with E-state index in [4.69, 9.17) is 26.2 Å². The van der Waals surface area contributed by atoms with Crippen molar-refractivity contribution in [3.05, 3.63) is 47.1 Å². The van der Waals surface area contributed by atoms with Crippen molar-refractivity contribution < 1.29 is 32.5 Å². The van der Waals surface area contributed by atoms with Crippen LogP contribution in [0.3, 0.4) is 0 Å². The molecule has 9 heteroatoms. The second-order valence-corrected chi connectivity index (χ2v) is 5.09. The number of aromatic nitrogens is 1. The summed E-state index contributed by atoms with van der Waals surface area (Å²) in [5.74, 6) is -0.753. The number of hydrogen-bond donors (Lipinski definition) is 1. The highest BCUT2D eigenvalue weighted by molar-refractivity contribution is 6.31. The summed E-state index contributed by atoms with van der Waals surface area (Å²) >= 11 is 5.74. The van der Waals surface area contributed by atoms with Gasteiger partial charge in [0.15, 0.2) is 6.10 Å². The van der Waals surface area contributed by atoms with Crippen LogP contribution < -0.4 is 9.47 Å². The molecule has 2 rings (SSSR count). The average Bonchev–Trinajstić information content (AvgIpc) is 2.50. The first-order valence-corrected chi connectivity index (χ1v) is 6.94. The zero-order valence-corrected chi connectivity index (χ0v) is 12.9. The summed E-state index contributed by atoms with van der Waals surface area (Å²) < 4.78 is 48.0. The number of carbonyl (C=O) groups is 1. The summed E-state index contributed by atoms with van der Waals surface area (Å²) in [6.07, 6.45) is -4.95. The third kappa shape index (κ3) is 4.51. The standard InChI is InChI=1S/C15H11ClF3NO4/c1-8(14(21)22)23-10-2-4-11(5-3-10)24-13-12(16)6-9(7-20-13)15(17,18)19/h2-8H,1H3,(H,21,22)/t8-/m1/s1. The number of halogens is 4. The summed E-state index contributed by atoms with van der Waals surface area (Å²) in [5, 5.41) is 8.46. The van der Waals surface area contributed by atoms with Crippen LogP contribution in [-0.4, -0.2) is 22.2 Å². The molecule has 2 aromatic rings. The quantitative estimate of drug-likeness (QED) is 0.855. The Labute approximate surface area is 139 Å². The molecule has 0 aliphatic rings. The van der Waals surface area contributed by atoms with Crippen molar-refractivity contribution in [2.45, 2.75) is 19.2 Å². The van der Waals surface area contributed by atoms with Gasteiger partial charge in [-0.25, -0.2) is 9.78 Å². The lowest BCUT2D eigenvalue weighted by molar-refractivity contribution is -0.144. The zero-order chi connectivity index (χ0) is 17.9. The van der Waals surface area contributed by atoms with Gasteiger partial charge in [0.2, 0.25) is 5.88 Å². The smallest absolute Gasteiger partial charge is 0.417 e. The summed E-state index contributed by atoms with van der Waals surface area (Å²) in [6, 6.07) is 6.51. The van der Waals surface area contributed by atoms with E-state index in [9.17, 15) is 18.0 Å². The second-order valence-electron chi connectivity index (χ2n) is 4.68. The molecule has 0 unspecified atom stereocenters. The van der Waals surface area contributed by atoms with Crippen LogP contribution in [0.1, 0.15) is 12.5 Å². The van der Waals surface area contributed by atoms with Crippen LogP contribution >= 0.6 is 11.6 Å². The number of carboxylic acid groups (broad SMARTS) is 1. The van der Waals surface area contributed by atoms with Gasteiger partial charge in [-0.1, -0.05) is 11.6 Å². The predicted octanol–water partition coefficient (Wildman–Crippen LogP) is 4.40. The minimum Gasteiger partial charge on any atom is -0.479 e. The lowest BCUT2D eigenvalue weighted by Crippen LogP contribution is -2.22. The van der Waals surface area contributed by atoms with Crippen LogP contribution in [0, 0.1) is 0 Å². The van der Waals surface area contributed by atoms with Gasteiger partial charge in [-0.15, -0.1) is 0 Å². The fraction of sp³-hybridized carbons (Fsp3) is 0.200. The van der Waals surface area contributed by atoms with Gasteiger partial charge >= 0.3 is 12.1 Å². The largest absolute Gasteiger partial charge is 0.479 e. The molecule has 1 aromatic heterocycles. The van der Waals surface area contributed by atoms with Crippen molar-refractivity contribution in [3.63, 3.8) is 0 Å². The topological polar surface area (TPSA) is 68.7 Å². The summed E-state index contributed by atoms with van der Waals surface area (Å²) in [7, 11) is 0. The molecule has 1 heterocycles. The molecule has 1 aromatic carbocycles. The molecule has 0 fully saturated rings. The van der Waals surface area contributed by atoms with Gasteiger partial charge in [-0.3, -0.25) is 0 Å². The molecule has 0 spiro atoms. The summed E-state index contributed by atoms with van der Waals surface area (Å²) in [5.41, 5.74) is -0.980. The van der Waals surface area contributed by atoms with E-state index in [2.05, 4.69) is 4.98 Å². The molecule has 0 radical (unpaired) electrons. The molecule has 1 N–H and O–H groups in total. The van der Waals surface area contributed by atoms with Gasteiger partial charge < -0.3 is 14.6 Å². The molecule has 0 saturated carbocycles. The molecule has 128 valence electrons. The maximum atomic E-state index is 12.5. The molecule has 0 saturated heterocycles. The Hall–Kier alpha value is -2.48. The number of benzene rings is 1. The minimum absolute atomic E-state index is 0.183. The van der Waals surface area contributed by atoms with E-state index in [1.807, 2.05) is 0 Å². The van der Waals surface area contributed by atoms with Crippen LogP contribution in [-0.2, 0) is 11.0 Å². The number of pyridine rings is 1. The second kappa shape index (κ2) is 6.96. The first-order chi connectivity index (χ1) is 11.2. The lowest BCUT2D eigenvalue weighted by atomic mass is 10.3. The van der Waals surface area contributed by atoms with Crippen LogP contribution in [0.2, 0.25) is 5.02 Å². The van der Waals surface area contributed by atoms with Gasteiger partial charge in [-0.2, -0.15) is 13.2 Å². The van der Waals surface area contributed by atoms with Gasteiger partial charge in [0.05, 0.1) is 5.56 Å². The Morgan fingerprint density at radius 1 is 1.25 bits per heavy atom. The molecule has 0 aliphatic carbocycles. The number of rotatable bonds is 5. The molecule has 5 nitrogen and oxygen atoms in total. The predicted molar refractivity (Wildman–Crippen MR) is 78.5 cm³/mol. The fourth-order valence-corrected chi connectivity index (χ4v) is 1.81. The monoisotopic (exact) mass is 361 g/mol. The zero-order valence-electron chi connectivity index (χ0n) is 12.2. The Balaban J connectivity index is 2.10. The van der Waals surface area contributed by atoms with E-state index in [1.54, 1.807) is 0 Å². The Bertz CT molecular complexity index is 734. The molecule has 0 aliphatic heterocycles. The van der Waals surface area contributed by atoms with Gasteiger partial charge in [0.1, 0.15) is 16.5 Å². The number of nitrogens with zero attached hydrogens (tertiary/aromatic N) is 1. The molecule has 0 bridgehead atoms. The highest BCUT2D eigenvalue weighted by Gasteiger charge is 2.31. The Morgan fingerprint density at radius 3 is 2.33 bits per heavy atom. The first-order valence-electron chi connectivity index (χ1n) is 6.57. The highest BCUT2D eigenvalue weighted by Crippen LogP contribution is 2.34. The minimum atomic E-state index is -4.55. The van der Waals surface area contributed by atoms with Crippen LogP contribution in [0.4, 0.5) is 13.2 Å². The summed E-state index contributed by atoms with van der Waals surface area (Å²) in [4.78, 5) is 14.2. The number of hydrogen-bond acceptors (Lipinski definition) is 4.